The van der Waals surface area contributed by atoms with Crippen molar-refractivity contribution in [1.82, 2.24) is 24.8 Å². The average Bonchev–Trinajstić information content (AvgIpc) is 3.18. The van der Waals surface area contributed by atoms with Crippen molar-refractivity contribution in [1.29, 1.82) is 0 Å². The lowest BCUT2D eigenvalue weighted by molar-refractivity contribution is -0.113. The minimum absolute atomic E-state index is 0.00773. The van der Waals surface area contributed by atoms with E-state index in [0.29, 0.717) is 33.8 Å². The highest BCUT2D eigenvalue weighted by molar-refractivity contribution is 7.99. The summed E-state index contributed by atoms with van der Waals surface area (Å²) in [5.41, 5.74) is 1.63. The lowest BCUT2D eigenvalue weighted by atomic mass is 10.2. The van der Waals surface area contributed by atoms with E-state index in [1.54, 1.807) is 13.8 Å². The minimum atomic E-state index is -3.88. The van der Waals surface area contributed by atoms with Crippen molar-refractivity contribution >= 4 is 39.2 Å². The molecular weight excluding hydrogens is 507 g/mol. The van der Waals surface area contributed by atoms with Gasteiger partial charge in [0, 0.05) is 23.0 Å². The first-order valence-electron chi connectivity index (χ1n) is 10.4. The first kappa shape index (κ1) is 25.1. The van der Waals surface area contributed by atoms with Gasteiger partial charge in [-0.3, -0.25) is 9.52 Å². The summed E-state index contributed by atoms with van der Waals surface area (Å²) in [5.74, 6) is 6.20. The Balaban J connectivity index is 1.35. The molecule has 2 heterocycles. The molecule has 0 radical (unpaired) electrons. The van der Waals surface area contributed by atoms with Gasteiger partial charge in [-0.05, 0) is 62.4 Å². The number of benzene rings is 2. The Hall–Kier alpha value is -4.04. The maximum atomic E-state index is 13.1. The van der Waals surface area contributed by atoms with Crippen LogP contribution in [0.4, 0.5) is 15.9 Å². The minimum Gasteiger partial charge on any atom is -0.335 e. The second-order valence-corrected chi connectivity index (χ2v) is 10.2. The number of hydrogen-bond acceptors (Lipinski definition) is 9. The lowest BCUT2D eigenvalue weighted by Gasteiger charge is -2.10. The van der Waals surface area contributed by atoms with Crippen molar-refractivity contribution in [3.05, 3.63) is 71.9 Å². The zero-order chi connectivity index (χ0) is 25.9. The molecule has 186 valence electrons. The van der Waals surface area contributed by atoms with Crippen molar-refractivity contribution in [3.8, 4) is 11.4 Å². The number of nitrogens with two attached hydrogens (primary N) is 1. The van der Waals surface area contributed by atoms with E-state index < -0.39 is 10.0 Å². The SMILES string of the molecule is Cc1cc(NS(=O)(=O)c2ccc(NC(=O)CSc3nnc(-c4ccc(F)cc4)n3N)cc2)nc(C)n1. The summed E-state index contributed by atoms with van der Waals surface area (Å²) in [6.45, 7) is 3.41. The zero-order valence-corrected chi connectivity index (χ0v) is 20.8. The molecule has 36 heavy (non-hydrogen) atoms. The van der Waals surface area contributed by atoms with Crippen molar-refractivity contribution in [3.63, 3.8) is 0 Å². The molecule has 2 aromatic carbocycles. The molecule has 4 N–H and O–H groups in total. The van der Waals surface area contributed by atoms with Crippen LogP contribution in [0.1, 0.15) is 11.5 Å². The van der Waals surface area contributed by atoms with E-state index in [9.17, 15) is 17.6 Å². The molecule has 1 amide bonds. The van der Waals surface area contributed by atoms with Gasteiger partial charge in [-0.2, -0.15) is 0 Å². The normalized spacial score (nSPS) is 11.3. The highest BCUT2D eigenvalue weighted by atomic mass is 32.2. The first-order chi connectivity index (χ1) is 17.1. The Bertz CT molecular complexity index is 1490. The number of thioether (sulfide) groups is 1. The van der Waals surface area contributed by atoms with E-state index >= 15 is 0 Å². The van der Waals surface area contributed by atoms with Crippen LogP contribution in [0.2, 0.25) is 0 Å². The van der Waals surface area contributed by atoms with Crippen LogP contribution in [0.15, 0.2) is 64.6 Å². The van der Waals surface area contributed by atoms with Crippen molar-refractivity contribution in [2.24, 2.45) is 0 Å². The smallest absolute Gasteiger partial charge is 0.263 e. The molecule has 0 aliphatic carbocycles. The van der Waals surface area contributed by atoms with Gasteiger partial charge in [-0.25, -0.2) is 27.5 Å². The van der Waals surface area contributed by atoms with Crippen LogP contribution >= 0.6 is 11.8 Å². The number of amides is 1. The molecule has 14 heteroatoms. The molecule has 0 atom stereocenters. The van der Waals surface area contributed by atoms with Crippen LogP contribution in [0.5, 0.6) is 0 Å². The Morgan fingerprint density at radius 3 is 2.42 bits per heavy atom. The summed E-state index contributed by atoms with van der Waals surface area (Å²) in [6, 6.07) is 12.9. The van der Waals surface area contributed by atoms with Gasteiger partial charge in [0.15, 0.2) is 5.82 Å². The van der Waals surface area contributed by atoms with Crippen molar-refractivity contribution < 1.29 is 17.6 Å². The van der Waals surface area contributed by atoms with E-state index in [-0.39, 0.29) is 28.2 Å². The number of aromatic nitrogens is 5. The summed E-state index contributed by atoms with van der Waals surface area (Å²) < 4.78 is 42.1. The highest BCUT2D eigenvalue weighted by Gasteiger charge is 2.17. The predicted molar refractivity (Wildman–Crippen MR) is 134 cm³/mol. The van der Waals surface area contributed by atoms with Crippen LogP contribution in [-0.4, -0.2) is 44.9 Å². The van der Waals surface area contributed by atoms with Crippen LogP contribution in [0, 0.1) is 19.7 Å². The quantitative estimate of drug-likeness (QED) is 0.231. The summed E-state index contributed by atoms with van der Waals surface area (Å²) in [6.07, 6.45) is 0. The van der Waals surface area contributed by atoms with Gasteiger partial charge in [-0.1, -0.05) is 11.8 Å². The molecule has 0 bridgehead atoms. The number of nitrogens with zero attached hydrogens (tertiary/aromatic N) is 5. The van der Waals surface area contributed by atoms with E-state index in [1.165, 1.54) is 59.3 Å². The van der Waals surface area contributed by atoms with Crippen molar-refractivity contribution in [2.45, 2.75) is 23.9 Å². The van der Waals surface area contributed by atoms with Gasteiger partial charge < -0.3 is 11.2 Å². The number of halogens is 1. The molecule has 0 unspecified atom stereocenters. The molecule has 4 rings (SSSR count). The summed E-state index contributed by atoms with van der Waals surface area (Å²) >= 11 is 1.06. The molecular formula is C22H21FN8O3S2. The third kappa shape index (κ3) is 5.95. The van der Waals surface area contributed by atoms with Crippen LogP contribution in [0.3, 0.4) is 0 Å². The third-order valence-corrected chi connectivity index (χ3v) is 7.07. The fourth-order valence-corrected chi connectivity index (χ4v) is 4.83. The van der Waals surface area contributed by atoms with Crippen LogP contribution in [-0.2, 0) is 14.8 Å². The van der Waals surface area contributed by atoms with E-state index in [4.69, 9.17) is 5.84 Å². The molecule has 0 aliphatic rings. The van der Waals surface area contributed by atoms with E-state index in [2.05, 4.69) is 30.2 Å². The maximum Gasteiger partial charge on any atom is 0.263 e. The molecule has 11 nitrogen and oxygen atoms in total. The molecule has 0 aliphatic heterocycles. The summed E-state index contributed by atoms with van der Waals surface area (Å²) in [5, 5.41) is 10.9. The number of hydrogen-bond donors (Lipinski definition) is 3. The number of aryl methyl sites for hydroxylation is 2. The number of rotatable bonds is 8. The fraction of sp³-hybridized carbons (Fsp3) is 0.136. The molecule has 0 fully saturated rings. The van der Waals surface area contributed by atoms with Gasteiger partial charge in [0.05, 0.1) is 10.6 Å². The Morgan fingerprint density at radius 2 is 1.75 bits per heavy atom. The molecule has 2 aromatic heterocycles. The second-order valence-electron chi connectivity index (χ2n) is 7.59. The molecule has 0 saturated heterocycles. The Kier molecular flexibility index (Phi) is 7.17. The first-order valence-corrected chi connectivity index (χ1v) is 12.9. The van der Waals surface area contributed by atoms with E-state index in [0.717, 1.165) is 11.8 Å². The standard InChI is InChI=1S/C22H21FN8O3S2/c1-13-11-19(26-14(2)25-13)30-36(33,34)18-9-7-17(8-10-18)27-20(32)12-35-22-29-28-21(31(22)24)15-3-5-16(23)6-4-15/h3-11H,12,24H2,1-2H3,(H,27,32)(H,25,26,30). The van der Waals surface area contributed by atoms with Gasteiger partial charge in [0.25, 0.3) is 10.0 Å². The Labute approximate surface area is 210 Å². The third-order valence-electron chi connectivity index (χ3n) is 4.75. The monoisotopic (exact) mass is 528 g/mol. The van der Waals surface area contributed by atoms with Gasteiger partial charge >= 0.3 is 0 Å². The average molecular weight is 529 g/mol. The topological polar surface area (TPSA) is 158 Å². The number of carbonyl (C=O) groups excluding carboxylic acids is 1. The number of nitrogen functional groups attached to an aromatic ring is 1. The van der Waals surface area contributed by atoms with Gasteiger partial charge in [0.1, 0.15) is 17.5 Å². The largest absolute Gasteiger partial charge is 0.335 e. The summed E-state index contributed by atoms with van der Waals surface area (Å²) in [4.78, 5) is 20.6. The number of nitrogens with one attached hydrogen (secondary N) is 2. The van der Waals surface area contributed by atoms with Crippen LogP contribution < -0.4 is 15.9 Å². The predicted octanol–water partition coefficient (Wildman–Crippen LogP) is 2.74. The van der Waals surface area contributed by atoms with Crippen LogP contribution in [0.25, 0.3) is 11.4 Å². The maximum absolute atomic E-state index is 13.1. The van der Waals surface area contributed by atoms with E-state index in [1.807, 2.05) is 0 Å². The van der Waals surface area contributed by atoms with Gasteiger partial charge in [0.2, 0.25) is 11.1 Å². The zero-order valence-electron chi connectivity index (χ0n) is 19.1. The molecule has 0 saturated carbocycles. The highest BCUT2D eigenvalue weighted by Crippen LogP contribution is 2.22. The number of anilines is 2. The summed E-state index contributed by atoms with van der Waals surface area (Å²) in [7, 11) is -3.88. The number of sulfonamides is 1. The molecule has 4 aromatic rings. The number of carbonyl (C=O) groups is 1. The lowest BCUT2D eigenvalue weighted by Crippen LogP contribution is -2.17. The molecule has 0 spiro atoms. The second kappa shape index (κ2) is 10.3. The van der Waals surface area contributed by atoms with Gasteiger partial charge in [-0.15, -0.1) is 10.2 Å². The Morgan fingerprint density at radius 1 is 1.06 bits per heavy atom. The fourth-order valence-electron chi connectivity index (χ4n) is 3.18. The van der Waals surface area contributed by atoms with Crippen molar-refractivity contribution in [2.75, 3.05) is 21.6 Å².